The van der Waals surface area contributed by atoms with Crippen molar-refractivity contribution in [3.8, 4) is 11.5 Å². The van der Waals surface area contributed by atoms with Gasteiger partial charge in [0, 0.05) is 0 Å². The third-order valence-corrected chi connectivity index (χ3v) is 7.37. The Morgan fingerprint density at radius 1 is 0.974 bits per heavy atom. The summed E-state index contributed by atoms with van der Waals surface area (Å²) in [5.41, 5.74) is 5.05. The molecule has 10 heteroatoms. The van der Waals surface area contributed by atoms with E-state index >= 15 is 0 Å². The Morgan fingerprint density at radius 2 is 1.79 bits per heavy atom. The second-order valence-electron chi connectivity index (χ2n) is 10.0. The average Bonchev–Trinajstić information content (AvgIpc) is 3.30. The van der Waals surface area contributed by atoms with Crippen molar-refractivity contribution < 1.29 is 19.2 Å². The third-order valence-electron chi connectivity index (χ3n) is 7.37. The predicted molar refractivity (Wildman–Crippen MR) is 143 cm³/mol. The van der Waals surface area contributed by atoms with E-state index in [2.05, 4.69) is 31.8 Å². The van der Waals surface area contributed by atoms with Crippen LogP contribution in [0.25, 0.3) is 17.0 Å². The number of aliphatic carboxylic acids is 1. The molecule has 3 heterocycles. The molecule has 0 spiro atoms. The standard InChI is InChI=1S/C28H32N6O4/c1-16-21(32-27(35)19-10-6-7-11-20(19)28(36)37)12-13-22(30-16)26-25(17(2)34-38-26)33-24-15-29-14-23(31-24)18-8-4-3-5-9-18/h8,12-15,19-20H,3-7,9-11H2,1-2H3,(H,31,33)(H,32,35)(H,36,37)/t19-,20-/m0/s1. The third kappa shape index (κ3) is 5.44. The molecule has 0 aromatic carbocycles. The van der Waals surface area contributed by atoms with E-state index in [9.17, 15) is 14.7 Å². The Balaban J connectivity index is 1.35. The molecule has 3 aromatic rings. The first-order valence-electron chi connectivity index (χ1n) is 13.2. The van der Waals surface area contributed by atoms with Crippen LogP contribution in [0.2, 0.25) is 0 Å². The number of pyridine rings is 1. The van der Waals surface area contributed by atoms with E-state index < -0.39 is 17.8 Å². The minimum Gasteiger partial charge on any atom is -0.481 e. The van der Waals surface area contributed by atoms with Crippen LogP contribution in [0.3, 0.4) is 0 Å². The molecule has 1 saturated carbocycles. The van der Waals surface area contributed by atoms with Gasteiger partial charge in [-0.15, -0.1) is 0 Å². The second-order valence-corrected chi connectivity index (χ2v) is 10.0. The summed E-state index contributed by atoms with van der Waals surface area (Å²) in [6.45, 7) is 3.62. The van der Waals surface area contributed by atoms with Crippen molar-refractivity contribution in [1.29, 1.82) is 0 Å². The highest BCUT2D eigenvalue weighted by atomic mass is 16.5. The van der Waals surface area contributed by atoms with Gasteiger partial charge in [0.05, 0.1) is 41.3 Å². The molecule has 2 aliphatic rings. The minimum absolute atomic E-state index is 0.279. The summed E-state index contributed by atoms with van der Waals surface area (Å²) in [7, 11) is 0. The number of allylic oxidation sites excluding steroid dienone is 2. The van der Waals surface area contributed by atoms with Gasteiger partial charge >= 0.3 is 5.97 Å². The number of amides is 1. The van der Waals surface area contributed by atoms with Crippen LogP contribution in [-0.2, 0) is 9.59 Å². The molecule has 0 unspecified atom stereocenters. The zero-order chi connectivity index (χ0) is 26.6. The van der Waals surface area contributed by atoms with Crippen LogP contribution in [0.5, 0.6) is 0 Å². The van der Waals surface area contributed by atoms with E-state index in [4.69, 9.17) is 9.51 Å². The zero-order valence-electron chi connectivity index (χ0n) is 21.7. The van der Waals surface area contributed by atoms with Crippen molar-refractivity contribution in [3.05, 3.63) is 47.7 Å². The van der Waals surface area contributed by atoms with Gasteiger partial charge in [0.2, 0.25) is 11.7 Å². The Kier molecular flexibility index (Phi) is 7.48. The van der Waals surface area contributed by atoms with Gasteiger partial charge in [0.15, 0.2) is 0 Å². The van der Waals surface area contributed by atoms with Crippen molar-refractivity contribution in [3.63, 3.8) is 0 Å². The smallest absolute Gasteiger partial charge is 0.307 e. The molecule has 0 radical (unpaired) electrons. The Labute approximate surface area is 221 Å². The van der Waals surface area contributed by atoms with Gasteiger partial charge in [-0.3, -0.25) is 14.6 Å². The van der Waals surface area contributed by atoms with E-state index in [1.54, 1.807) is 31.5 Å². The molecule has 38 heavy (non-hydrogen) atoms. The lowest BCUT2D eigenvalue weighted by molar-refractivity contribution is -0.147. The van der Waals surface area contributed by atoms with Crippen LogP contribution >= 0.6 is 0 Å². The average molecular weight is 517 g/mol. The summed E-state index contributed by atoms with van der Waals surface area (Å²) in [5.74, 6) is -1.36. The van der Waals surface area contributed by atoms with E-state index in [1.807, 2.05) is 6.92 Å². The number of nitrogens with zero attached hydrogens (tertiary/aromatic N) is 4. The van der Waals surface area contributed by atoms with Crippen molar-refractivity contribution in [1.82, 2.24) is 20.1 Å². The number of nitrogens with one attached hydrogen (secondary N) is 2. The molecule has 0 saturated heterocycles. The fourth-order valence-electron chi connectivity index (χ4n) is 5.26. The maximum Gasteiger partial charge on any atom is 0.307 e. The molecule has 0 aliphatic heterocycles. The highest BCUT2D eigenvalue weighted by Gasteiger charge is 2.36. The molecule has 3 aromatic heterocycles. The van der Waals surface area contributed by atoms with E-state index in [0.717, 1.165) is 37.8 Å². The minimum atomic E-state index is -0.915. The van der Waals surface area contributed by atoms with Crippen molar-refractivity contribution >= 4 is 34.6 Å². The van der Waals surface area contributed by atoms with Gasteiger partial charge in [-0.1, -0.05) is 24.1 Å². The highest BCUT2D eigenvalue weighted by molar-refractivity contribution is 5.95. The lowest BCUT2D eigenvalue weighted by atomic mass is 9.78. The Morgan fingerprint density at radius 3 is 2.53 bits per heavy atom. The van der Waals surface area contributed by atoms with Gasteiger partial charge in [0.25, 0.3) is 0 Å². The number of rotatable bonds is 7. The van der Waals surface area contributed by atoms with Crippen LogP contribution < -0.4 is 10.6 Å². The molecular formula is C28H32N6O4. The Bertz CT molecular complexity index is 1380. The van der Waals surface area contributed by atoms with Crippen LogP contribution in [0.1, 0.15) is 68.4 Å². The van der Waals surface area contributed by atoms with Crippen molar-refractivity contribution in [2.45, 2.75) is 65.2 Å². The number of carbonyl (C=O) groups excluding carboxylic acids is 1. The fourth-order valence-corrected chi connectivity index (χ4v) is 5.26. The molecule has 198 valence electrons. The monoisotopic (exact) mass is 516 g/mol. The van der Waals surface area contributed by atoms with Gasteiger partial charge in [-0.05, 0) is 70.1 Å². The predicted octanol–water partition coefficient (Wildman–Crippen LogP) is 5.67. The van der Waals surface area contributed by atoms with Gasteiger partial charge in [0.1, 0.15) is 22.9 Å². The molecule has 1 fully saturated rings. The SMILES string of the molecule is Cc1nc(-c2onc(C)c2Nc2cncc(C3=CCCCC3)n2)ccc1NC(=O)[C@H]1CCCC[C@@H]1C(=O)O. The fraction of sp³-hybridized carbons (Fsp3) is 0.429. The van der Waals surface area contributed by atoms with Crippen LogP contribution in [-0.4, -0.2) is 37.1 Å². The number of carbonyl (C=O) groups is 2. The summed E-state index contributed by atoms with van der Waals surface area (Å²) in [5, 5.41) is 19.8. The molecule has 2 atom stereocenters. The van der Waals surface area contributed by atoms with Crippen molar-refractivity contribution in [2.24, 2.45) is 11.8 Å². The lowest BCUT2D eigenvalue weighted by Gasteiger charge is -2.27. The summed E-state index contributed by atoms with van der Waals surface area (Å²) in [4.78, 5) is 38.3. The normalized spacial score (nSPS) is 19.5. The summed E-state index contributed by atoms with van der Waals surface area (Å²) >= 11 is 0. The molecule has 2 aliphatic carbocycles. The first-order valence-corrected chi connectivity index (χ1v) is 13.2. The van der Waals surface area contributed by atoms with Crippen LogP contribution in [0.4, 0.5) is 17.2 Å². The number of anilines is 3. The largest absolute Gasteiger partial charge is 0.481 e. The van der Waals surface area contributed by atoms with Gasteiger partial charge in [-0.2, -0.15) is 0 Å². The Hall–Kier alpha value is -4.08. The number of hydrogen-bond donors (Lipinski definition) is 3. The van der Waals surface area contributed by atoms with Crippen LogP contribution in [0.15, 0.2) is 35.1 Å². The van der Waals surface area contributed by atoms with Gasteiger partial charge < -0.3 is 20.3 Å². The highest BCUT2D eigenvalue weighted by Crippen LogP contribution is 2.35. The second kappa shape index (κ2) is 11.1. The van der Waals surface area contributed by atoms with Crippen LogP contribution in [0, 0.1) is 25.7 Å². The van der Waals surface area contributed by atoms with E-state index in [1.165, 1.54) is 12.0 Å². The number of hydrogen-bond acceptors (Lipinski definition) is 8. The molecule has 3 N–H and O–H groups in total. The summed E-state index contributed by atoms with van der Waals surface area (Å²) in [6, 6.07) is 3.50. The zero-order valence-corrected chi connectivity index (χ0v) is 21.7. The summed E-state index contributed by atoms with van der Waals surface area (Å²) < 4.78 is 5.62. The molecule has 10 nitrogen and oxygen atoms in total. The quantitative estimate of drug-likeness (QED) is 0.361. The number of carboxylic acids is 1. The van der Waals surface area contributed by atoms with Gasteiger partial charge in [-0.25, -0.2) is 9.97 Å². The molecule has 0 bridgehead atoms. The molecular weight excluding hydrogens is 484 g/mol. The number of carboxylic acid groups (broad SMARTS) is 1. The first-order chi connectivity index (χ1) is 18.4. The maximum absolute atomic E-state index is 12.9. The molecule has 1 amide bonds. The van der Waals surface area contributed by atoms with E-state index in [0.29, 0.717) is 52.9 Å². The topological polar surface area (TPSA) is 143 Å². The first kappa shape index (κ1) is 25.6. The molecule has 5 rings (SSSR count). The number of aromatic nitrogens is 4. The van der Waals surface area contributed by atoms with Crippen molar-refractivity contribution in [2.75, 3.05) is 10.6 Å². The maximum atomic E-state index is 12.9. The lowest BCUT2D eigenvalue weighted by Crippen LogP contribution is -2.36. The number of aryl methyl sites for hydroxylation is 2. The van der Waals surface area contributed by atoms with E-state index in [-0.39, 0.29) is 5.91 Å². The summed E-state index contributed by atoms with van der Waals surface area (Å²) in [6.07, 6.45) is 12.9.